The lowest BCUT2D eigenvalue weighted by Gasteiger charge is -2.21. The Kier molecular flexibility index (Phi) is 5.53. The van der Waals surface area contributed by atoms with Gasteiger partial charge in [-0.05, 0) is 30.5 Å². The van der Waals surface area contributed by atoms with Crippen LogP contribution in [0.5, 0.6) is 0 Å². The summed E-state index contributed by atoms with van der Waals surface area (Å²) in [6, 6.07) is 14.4. The molecule has 1 amide bonds. The van der Waals surface area contributed by atoms with Gasteiger partial charge in [0.2, 0.25) is 5.91 Å². The first kappa shape index (κ1) is 17.8. The number of aromatic nitrogens is 2. The maximum absolute atomic E-state index is 12.7. The number of aryl methyl sites for hydroxylation is 1. The van der Waals surface area contributed by atoms with Crippen LogP contribution in [0.4, 0.5) is 5.13 Å². The Morgan fingerprint density at radius 3 is 2.78 bits per heavy atom. The molecule has 140 valence electrons. The minimum absolute atomic E-state index is 0.242. The van der Waals surface area contributed by atoms with E-state index >= 15 is 0 Å². The van der Waals surface area contributed by atoms with Gasteiger partial charge in [-0.25, -0.2) is 4.98 Å². The number of hydrogen-bond donors (Lipinski definition) is 1. The molecule has 0 radical (unpaired) electrons. The van der Waals surface area contributed by atoms with E-state index in [1.807, 2.05) is 34.7 Å². The van der Waals surface area contributed by atoms with Crippen molar-refractivity contribution in [2.24, 2.45) is 0 Å². The van der Waals surface area contributed by atoms with Gasteiger partial charge in [-0.1, -0.05) is 30.3 Å². The number of H-pyrrole nitrogens is 1. The Morgan fingerprint density at radius 1 is 1.07 bits per heavy atom. The van der Waals surface area contributed by atoms with Gasteiger partial charge in [0, 0.05) is 55.6 Å². The Bertz CT molecular complexity index is 859. The molecule has 0 saturated carbocycles. The third-order valence-electron chi connectivity index (χ3n) is 4.98. The molecular formula is C21H24N4OS. The van der Waals surface area contributed by atoms with E-state index in [-0.39, 0.29) is 5.91 Å². The number of carbonyl (C=O) groups is 1. The molecule has 2 aromatic heterocycles. The highest BCUT2D eigenvalue weighted by Gasteiger charge is 2.20. The highest BCUT2D eigenvalue weighted by atomic mass is 32.1. The SMILES string of the molecule is O=C(CCc1ccc(-c2ccccc2)[nH]1)N1CCCN(c2nccs2)CC1. The lowest BCUT2D eigenvalue weighted by Crippen LogP contribution is -2.35. The van der Waals surface area contributed by atoms with Gasteiger partial charge in [-0.2, -0.15) is 0 Å². The third kappa shape index (κ3) is 4.39. The predicted molar refractivity (Wildman–Crippen MR) is 110 cm³/mol. The van der Waals surface area contributed by atoms with Gasteiger partial charge in [0.15, 0.2) is 5.13 Å². The third-order valence-corrected chi connectivity index (χ3v) is 5.81. The molecule has 27 heavy (non-hydrogen) atoms. The monoisotopic (exact) mass is 380 g/mol. The van der Waals surface area contributed by atoms with Crippen LogP contribution in [0, 0.1) is 0 Å². The van der Waals surface area contributed by atoms with E-state index in [1.165, 1.54) is 5.56 Å². The lowest BCUT2D eigenvalue weighted by atomic mass is 10.2. The quantitative estimate of drug-likeness (QED) is 0.732. The van der Waals surface area contributed by atoms with Gasteiger partial charge in [-0.15, -0.1) is 11.3 Å². The second-order valence-corrected chi connectivity index (χ2v) is 7.67. The summed E-state index contributed by atoms with van der Waals surface area (Å²) in [6.45, 7) is 3.44. The zero-order valence-electron chi connectivity index (χ0n) is 15.3. The number of amides is 1. The summed E-state index contributed by atoms with van der Waals surface area (Å²) in [6.07, 6.45) is 4.13. The average molecular weight is 381 g/mol. The Morgan fingerprint density at radius 2 is 1.96 bits per heavy atom. The summed E-state index contributed by atoms with van der Waals surface area (Å²) in [4.78, 5) is 24.8. The standard InChI is InChI=1S/C21H24N4OS/c26-20(24-12-4-13-25(15-14-24)21-22-11-16-27-21)10-8-18-7-9-19(23-18)17-5-2-1-3-6-17/h1-3,5-7,9,11,16,23H,4,8,10,12-15H2. The molecule has 0 atom stereocenters. The number of aromatic amines is 1. The molecule has 3 aromatic rings. The van der Waals surface area contributed by atoms with Gasteiger partial charge < -0.3 is 14.8 Å². The van der Waals surface area contributed by atoms with E-state index in [0.29, 0.717) is 6.42 Å². The zero-order valence-corrected chi connectivity index (χ0v) is 16.1. The van der Waals surface area contributed by atoms with E-state index < -0.39 is 0 Å². The van der Waals surface area contributed by atoms with Crippen molar-refractivity contribution >= 4 is 22.4 Å². The summed E-state index contributed by atoms with van der Waals surface area (Å²) in [5.41, 5.74) is 3.39. The summed E-state index contributed by atoms with van der Waals surface area (Å²) in [5, 5.41) is 3.06. The molecule has 0 aliphatic carbocycles. The number of rotatable bonds is 5. The number of benzene rings is 1. The first-order valence-electron chi connectivity index (χ1n) is 9.45. The molecule has 6 heteroatoms. The summed E-state index contributed by atoms with van der Waals surface area (Å²) < 4.78 is 0. The second kappa shape index (κ2) is 8.39. The Balaban J connectivity index is 1.30. The van der Waals surface area contributed by atoms with Crippen molar-refractivity contribution in [3.8, 4) is 11.3 Å². The number of nitrogens with zero attached hydrogens (tertiary/aromatic N) is 3. The average Bonchev–Trinajstić information content (AvgIpc) is 3.35. The van der Waals surface area contributed by atoms with Crippen LogP contribution in [-0.4, -0.2) is 47.0 Å². The molecule has 1 fully saturated rings. The van der Waals surface area contributed by atoms with Gasteiger partial charge in [0.05, 0.1) is 0 Å². The maximum atomic E-state index is 12.7. The van der Waals surface area contributed by atoms with Crippen LogP contribution in [0.2, 0.25) is 0 Å². The smallest absolute Gasteiger partial charge is 0.223 e. The van der Waals surface area contributed by atoms with Crippen molar-refractivity contribution in [1.82, 2.24) is 14.9 Å². The molecule has 1 aliphatic rings. The molecule has 0 unspecified atom stereocenters. The fourth-order valence-corrected chi connectivity index (χ4v) is 4.20. The summed E-state index contributed by atoms with van der Waals surface area (Å²) >= 11 is 1.66. The van der Waals surface area contributed by atoms with Gasteiger partial charge >= 0.3 is 0 Å². The number of carbonyl (C=O) groups excluding carboxylic acids is 1. The first-order valence-corrected chi connectivity index (χ1v) is 10.3. The van der Waals surface area contributed by atoms with Crippen LogP contribution in [0.1, 0.15) is 18.5 Å². The van der Waals surface area contributed by atoms with Crippen molar-refractivity contribution in [3.63, 3.8) is 0 Å². The molecule has 0 spiro atoms. The van der Waals surface area contributed by atoms with Crippen LogP contribution < -0.4 is 4.90 Å². The van der Waals surface area contributed by atoms with Crippen molar-refractivity contribution in [2.45, 2.75) is 19.3 Å². The maximum Gasteiger partial charge on any atom is 0.223 e. The van der Waals surface area contributed by atoms with Crippen LogP contribution in [0.15, 0.2) is 54.0 Å². The number of hydrogen-bond acceptors (Lipinski definition) is 4. The fourth-order valence-electron chi connectivity index (χ4n) is 3.50. The Labute approximate surface area is 163 Å². The van der Waals surface area contributed by atoms with Crippen LogP contribution >= 0.6 is 11.3 Å². The van der Waals surface area contributed by atoms with Gasteiger partial charge in [0.25, 0.3) is 0 Å². The lowest BCUT2D eigenvalue weighted by molar-refractivity contribution is -0.130. The molecule has 1 saturated heterocycles. The van der Waals surface area contributed by atoms with E-state index in [4.69, 9.17) is 0 Å². The van der Waals surface area contributed by atoms with E-state index in [2.05, 4.69) is 39.1 Å². The van der Waals surface area contributed by atoms with E-state index in [0.717, 1.165) is 55.5 Å². The van der Waals surface area contributed by atoms with Crippen LogP contribution in [0.25, 0.3) is 11.3 Å². The van der Waals surface area contributed by atoms with Crippen molar-refractivity contribution in [3.05, 3.63) is 59.7 Å². The molecule has 1 aromatic carbocycles. The highest BCUT2D eigenvalue weighted by molar-refractivity contribution is 7.13. The summed E-state index contributed by atoms with van der Waals surface area (Å²) in [7, 11) is 0. The van der Waals surface area contributed by atoms with Gasteiger partial charge in [-0.3, -0.25) is 4.79 Å². The van der Waals surface area contributed by atoms with Gasteiger partial charge in [0.1, 0.15) is 0 Å². The minimum atomic E-state index is 0.242. The molecule has 1 aliphatic heterocycles. The topological polar surface area (TPSA) is 52.2 Å². The highest BCUT2D eigenvalue weighted by Crippen LogP contribution is 2.20. The van der Waals surface area contributed by atoms with Crippen LogP contribution in [0.3, 0.4) is 0 Å². The molecule has 0 bridgehead atoms. The normalized spacial score (nSPS) is 15.0. The zero-order chi connectivity index (χ0) is 18.5. The van der Waals surface area contributed by atoms with Crippen molar-refractivity contribution < 1.29 is 4.79 Å². The number of thiazole rings is 1. The molecule has 5 nitrogen and oxygen atoms in total. The first-order chi connectivity index (χ1) is 13.3. The summed E-state index contributed by atoms with van der Waals surface area (Å²) in [5.74, 6) is 0.242. The number of nitrogens with one attached hydrogen (secondary N) is 1. The fraction of sp³-hybridized carbons (Fsp3) is 0.333. The molecule has 3 heterocycles. The predicted octanol–water partition coefficient (Wildman–Crippen LogP) is 3.81. The Hall–Kier alpha value is -2.60. The van der Waals surface area contributed by atoms with Crippen molar-refractivity contribution in [1.29, 1.82) is 0 Å². The largest absolute Gasteiger partial charge is 0.358 e. The van der Waals surface area contributed by atoms with Crippen LogP contribution in [-0.2, 0) is 11.2 Å². The second-order valence-electron chi connectivity index (χ2n) is 6.80. The molecule has 4 rings (SSSR count). The number of anilines is 1. The van der Waals surface area contributed by atoms with E-state index in [1.54, 1.807) is 11.3 Å². The minimum Gasteiger partial charge on any atom is -0.358 e. The molecule has 1 N–H and O–H groups in total. The molecular weight excluding hydrogens is 356 g/mol. The van der Waals surface area contributed by atoms with E-state index in [9.17, 15) is 4.79 Å². The van der Waals surface area contributed by atoms with Crippen molar-refractivity contribution in [2.75, 3.05) is 31.1 Å².